The molecular formula is C15H17N3O3. The molecule has 1 aromatic heterocycles. The fourth-order valence-electron chi connectivity index (χ4n) is 1.86. The van der Waals surface area contributed by atoms with Gasteiger partial charge in [-0.15, -0.1) is 0 Å². The Bertz CT molecular complexity index is 630. The van der Waals surface area contributed by atoms with Gasteiger partial charge >= 0.3 is 5.97 Å². The number of hydrogen-bond donors (Lipinski definition) is 2. The first-order chi connectivity index (χ1) is 10.1. The molecule has 21 heavy (non-hydrogen) atoms. The minimum absolute atomic E-state index is 0.294. The molecule has 0 spiro atoms. The van der Waals surface area contributed by atoms with Gasteiger partial charge in [0.05, 0.1) is 5.69 Å². The average molecular weight is 287 g/mol. The van der Waals surface area contributed by atoms with Crippen LogP contribution in [0, 0.1) is 6.92 Å². The van der Waals surface area contributed by atoms with Crippen molar-refractivity contribution in [2.45, 2.75) is 20.3 Å². The average Bonchev–Trinajstić information content (AvgIpc) is 2.48. The van der Waals surface area contributed by atoms with E-state index in [1.807, 2.05) is 44.2 Å². The Balaban J connectivity index is 2.28. The van der Waals surface area contributed by atoms with Gasteiger partial charge in [-0.1, -0.05) is 25.1 Å². The van der Waals surface area contributed by atoms with E-state index in [0.717, 1.165) is 16.9 Å². The van der Waals surface area contributed by atoms with Crippen LogP contribution in [0.5, 0.6) is 5.88 Å². The smallest absolute Gasteiger partial charge is 0.341 e. The second-order valence-electron chi connectivity index (χ2n) is 4.45. The second-order valence-corrected chi connectivity index (χ2v) is 4.45. The number of benzene rings is 1. The molecule has 1 aromatic carbocycles. The molecule has 1 heterocycles. The summed E-state index contributed by atoms with van der Waals surface area (Å²) in [6.07, 6.45) is 0.710. The van der Waals surface area contributed by atoms with E-state index >= 15 is 0 Å². The molecule has 0 unspecified atom stereocenters. The van der Waals surface area contributed by atoms with Crippen LogP contribution in [-0.4, -0.2) is 27.7 Å². The molecule has 2 N–H and O–H groups in total. The minimum atomic E-state index is -1.04. The van der Waals surface area contributed by atoms with E-state index in [-0.39, 0.29) is 0 Å². The Labute approximate surface area is 122 Å². The monoisotopic (exact) mass is 287 g/mol. The van der Waals surface area contributed by atoms with Crippen LogP contribution in [0.1, 0.15) is 18.2 Å². The Morgan fingerprint density at radius 2 is 2.00 bits per heavy atom. The number of rotatable bonds is 6. The first-order valence-corrected chi connectivity index (χ1v) is 6.64. The maximum absolute atomic E-state index is 10.6. The van der Waals surface area contributed by atoms with Gasteiger partial charge in [-0.25, -0.2) is 9.78 Å². The van der Waals surface area contributed by atoms with Gasteiger partial charge in [0, 0.05) is 11.3 Å². The molecule has 0 amide bonds. The van der Waals surface area contributed by atoms with Gasteiger partial charge < -0.3 is 15.2 Å². The molecule has 0 aliphatic carbocycles. The number of nitrogens with zero attached hydrogens (tertiary/aromatic N) is 2. The standard InChI is InChI=1S/C15H17N3O3/c1-3-12-10(2)14(21-9-13(19)20)18-15(17-12)16-11-7-5-4-6-8-11/h4-8H,3,9H2,1-2H3,(H,19,20)(H,16,17,18). The summed E-state index contributed by atoms with van der Waals surface area (Å²) in [7, 11) is 0. The lowest BCUT2D eigenvalue weighted by Crippen LogP contribution is -2.13. The number of anilines is 2. The van der Waals surface area contributed by atoms with Crippen LogP contribution in [0.2, 0.25) is 0 Å². The van der Waals surface area contributed by atoms with Crippen LogP contribution < -0.4 is 10.1 Å². The number of aliphatic carboxylic acids is 1. The van der Waals surface area contributed by atoms with Crippen LogP contribution in [0.25, 0.3) is 0 Å². The van der Waals surface area contributed by atoms with E-state index in [1.54, 1.807) is 0 Å². The van der Waals surface area contributed by atoms with Crippen LogP contribution >= 0.6 is 0 Å². The summed E-state index contributed by atoms with van der Waals surface area (Å²) in [5.41, 5.74) is 2.44. The van der Waals surface area contributed by atoms with Gasteiger partial charge in [0.2, 0.25) is 11.8 Å². The Morgan fingerprint density at radius 1 is 1.29 bits per heavy atom. The van der Waals surface area contributed by atoms with Crippen molar-refractivity contribution in [3.8, 4) is 5.88 Å². The predicted molar refractivity (Wildman–Crippen MR) is 79.0 cm³/mol. The highest BCUT2D eigenvalue weighted by molar-refractivity contribution is 5.68. The van der Waals surface area contributed by atoms with Gasteiger partial charge in [0.1, 0.15) is 0 Å². The maximum atomic E-state index is 10.6. The molecule has 6 heteroatoms. The Kier molecular flexibility index (Phi) is 4.71. The zero-order valence-electron chi connectivity index (χ0n) is 12.0. The quantitative estimate of drug-likeness (QED) is 0.849. The Hall–Kier alpha value is -2.63. The van der Waals surface area contributed by atoms with Crippen molar-refractivity contribution >= 4 is 17.6 Å². The van der Waals surface area contributed by atoms with E-state index in [1.165, 1.54) is 0 Å². The first kappa shape index (κ1) is 14.8. The normalized spacial score (nSPS) is 10.2. The largest absolute Gasteiger partial charge is 0.479 e. The fourth-order valence-corrected chi connectivity index (χ4v) is 1.86. The molecule has 0 aliphatic heterocycles. The lowest BCUT2D eigenvalue weighted by molar-refractivity contribution is -0.139. The lowest BCUT2D eigenvalue weighted by Gasteiger charge is -2.12. The summed E-state index contributed by atoms with van der Waals surface area (Å²) < 4.78 is 5.23. The topological polar surface area (TPSA) is 84.3 Å². The fraction of sp³-hybridized carbons (Fsp3) is 0.267. The summed E-state index contributed by atoms with van der Waals surface area (Å²) >= 11 is 0. The SMILES string of the molecule is CCc1nc(Nc2ccccc2)nc(OCC(=O)O)c1C. The molecule has 110 valence electrons. The zero-order valence-corrected chi connectivity index (χ0v) is 12.0. The third kappa shape index (κ3) is 3.92. The van der Waals surface area contributed by atoms with Gasteiger partial charge in [-0.2, -0.15) is 4.98 Å². The van der Waals surface area contributed by atoms with Crippen LogP contribution in [0.3, 0.4) is 0 Å². The molecule has 6 nitrogen and oxygen atoms in total. The van der Waals surface area contributed by atoms with Crippen LogP contribution in [0.4, 0.5) is 11.6 Å². The minimum Gasteiger partial charge on any atom is -0.479 e. The molecule has 0 aliphatic rings. The number of aryl methyl sites for hydroxylation is 1. The summed E-state index contributed by atoms with van der Waals surface area (Å²) in [6, 6.07) is 9.51. The van der Waals surface area contributed by atoms with Crippen molar-refractivity contribution in [3.63, 3.8) is 0 Å². The third-order valence-electron chi connectivity index (χ3n) is 2.90. The number of hydrogen-bond acceptors (Lipinski definition) is 5. The van der Waals surface area contributed by atoms with Gasteiger partial charge in [0.25, 0.3) is 0 Å². The Morgan fingerprint density at radius 3 is 2.62 bits per heavy atom. The number of nitrogens with one attached hydrogen (secondary N) is 1. The number of ether oxygens (including phenoxy) is 1. The van der Waals surface area contributed by atoms with Crippen molar-refractivity contribution in [2.24, 2.45) is 0 Å². The molecule has 0 saturated heterocycles. The summed E-state index contributed by atoms with van der Waals surface area (Å²) in [6.45, 7) is 3.37. The number of aromatic nitrogens is 2. The van der Waals surface area contributed by atoms with Crippen LogP contribution in [-0.2, 0) is 11.2 Å². The summed E-state index contributed by atoms with van der Waals surface area (Å²) in [5.74, 6) is -0.352. The molecule has 0 radical (unpaired) electrons. The molecule has 0 saturated carbocycles. The van der Waals surface area contributed by atoms with Crippen LogP contribution in [0.15, 0.2) is 30.3 Å². The molecule has 0 bridgehead atoms. The molecular weight excluding hydrogens is 270 g/mol. The van der Waals surface area contributed by atoms with E-state index in [0.29, 0.717) is 18.2 Å². The zero-order chi connectivity index (χ0) is 15.2. The summed E-state index contributed by atoms with van der Waals surface area (Å²) in [4.78, 5) is 19.3. The predicted octanol–water partition coefficient (Wildman–Crippen LogP) is 2.55. The van der Waals surface area contributed by atoms with Gasteiger partial charge in [0.15, 0.2) is 6.61 Å². The molecule has 0 atom stereocenters. The number of para-hydroxylation sites is 1. The maximum Gasteiger partial charge on any atom is 0.341 e. The number of carboxylic acids is 1. The molecule has 2 aromatic rings. The van der Waals surface area contributed by atoms with Crippen molar-refractivity contribution in [1.29, 1.82) is 0 Å². The summed E-state index contributed by atoms with van der Waals surface area (Å²) in [5, 5.41) is 11.8. The van der Waals surface area contributed by atoms with Crippen molar-refractivity contribution in [2.75, 3.05) is 11.9 Å². The van der Waals surface area contributed by atoms with Crippen molar-refractivity contribution in [1.82, 2.24) is 9.97 Å². The molecule has 0 fully saturated rings. The van der Waals surface area contributed by atoms with E-state index in [9.17, 15) is 4.79 Å². The highest BCUT2D eigenvalue weighted by Gasteiger charge is 2.12. The number of carbonyl (C=O) groups is 1. The van der Waals surface area contributed by atoms with E-state index in [2.05, 4.69) is 15.3 Å². The highest BCUT2D eigenvalue weighted by atomic mass is 16.5. The lowest BCUT2D eigenvalue weighted by atomic mass is 10.2. The third-order valence-corrected chi connectivity index (χ3v) is 2.90. The van der Waals surface area contributed by atoms with Crippen molar-refractivity contribution < 1.29 is 14.6 Å². The van der Waals surface area contributed by atoms with E-state index in [4.69, 9.17) is 9.84 Å². The van der Waals surface area contributed by atoms with E-state index < -0.39 is 12.6 Å². The van der Waals surface area contributed by atoms with Gasteiger partial charge in [-0.3, -0.25) is 0 Å². The second kappa shape index (κ2) is 6.69. The van der Waals surface area contributed by atoms with Gasteiger partial charge in [-0.05, 0) is 25.5 Å². The highest BCUT2D eigenvalue weighted by Crippen LogP contribution is 2.22. The van der Waals surface area contributed by atoms with Crippen molar-refractivity contribution in [3.05, 3.63) is 41.6 Å². The number of carboxylic acid groups (broad SMARTS) is 1. The first-order valence-electron chi connectivity index (χ1n) is 6.64. The molecule has 2 rings (SSSR count).